The van der Waals surface area contributed by atoms with Crippen LogP contribution >= 0.6 is 0 Å². The monoisotopic (exact) mass is 296 g/mol. The Kier molecular flexibility index (Phi) is 7.08. The number of hydrogen-bond acceptors (Lipinski definition) is 5. The van der Waals surface area contributed by atoms with Crippen molar-refractivity contribution < 1.29 is 14.6 Å². The number of hydrogen-bond donors (Lipinski definition) is 2. The van der Waals surface area contributed by atoms with Crippen molar-refractivity contribution in [3.63, 3.8) is 0 Å². The molecule has 0 bridgehead atoms. The van der Waals surface area contributed by atoms with E-state index in [1.807, 2.05) is 20.8 Å². The van der Waals surface area contributed by atoms with Crippen molar-refractivity contribution in [2.45, 2.75) is 39.2 Å². The van der Waals surface area contributed by atoms with Crippen molar-refractivity contribution in [2.75, 3.05) is 33.9 Å². The third-order valence-electron chi connectivity index (χ3n) is 3.62. The van der Waals surface area contributed by atoms with Gasteiger partial charge in [0.2, 0.25) is 0 Å². The third-order valence-corrected chi connectivity index (χ3v) is 3.62. The molecule has 5 heteroatoms. The van der Waals surface area contributed by atoms with Gasteiger partial charge in [0.15, 0.2) is 0 Å². The summed E-state index contributed by atoms with van der Waals surface area (Å²) in [5, 5.41) is 13.8. The molecule has 21 heavy (non-hydrogen) atoms. The number of nitrogens with zero attached hydrogens (tertiary/aromatic N) is 1. The fourth-order valence-corrected chi connectivity index (χ4v) is 2.36. The van der Waals surface area contributed by atoms with Gasteiger partial charge in [-0.05, 0) is 33.7 Å². The molecule has 120 valence electrons. The van der Waals surface area contributed by atoms with Crippen LogP contribution in [0.4, 0.5) is 0 Å². The predicted molar refractivity (Wildman–Crippen MR) is 84.0 cm³/mol. The highest BCUT2D eigenvalue weighted by Crippen LogP contribution is 2.27. The Morgan fingerprint density at radius 1 is 1.29 bits per heavy atom. The fourth-order valence-electron chi connectivity index (χ4n) is 2.36. The first-order valence-electron chi connectivity index (χ1n) is 7.32. The molecule has 1 aromatic heterocycles. The van der Waals surface area contributed by atoms with Gasteiger partial charge in [-0.25, -0.2) is 0 Å². The normalized spacial score (nSPS) is 14.0. The van der Waals surface area contributed by atoms with Crippen LogP contribution in [0.2, 0.25) is 0 Å². The lowest BCUT2D eigenvalue weighted by Crippen LogP contribution is -2.33. The van der Waals surface area contributed by atoms with Crippen LogP contribution < -0.4 is 10.1 Å². The van der Waals surface area contributed by atoms with Crippen LogP contribution in [0.5, 0.6) is 5.75 Å². The first-order chi connectivity index (χ1) is 9.91. The van der Waals surface area contributed by atoms with Gasteiger partial charge in [0.25, 0.3) is 0 Å². The van der Waals surface area contributed by atoms with Gasteiger partial charge in [-0.3, -0.25) is 4.98 Å². The smallest absolute Gasteiger partial charge is 0.128 e. The van der Waals surface area contributed by atoms with Crippen molar-refractivity contribution in [1.29, 1.82) is 0 Å². The van der Waals surface area contributed by atoms with E-state index in [0.717, 1.165) is 35.7 Å². The predicted octanol–water partition coefficient (Wildman–Crippen LogP) is 1.63. The quantitative estimate of drug-likeness (QED) is 0.678. The van der Waals surface area contributed by atoms with Gasteiger partial charge in [0.05, 0.1) is 19.3 Å². The van der Waals surface area contributed by atoms with E-state index in [1.165, 1.54) is 0 Å². The van der Waals surface area contributed by atoms with Crippen molar-refractivity contribution in [3.05, 3.63) is 23.0 Å². The molecule has 0 aromatic carbocycles. The summed E-state index contributed by atoms with van der Waals surface area (Å²) in [5.74, 6) is 0.856. The summed E-state index contributed by atoms with van der Waals surface area (Å²) in [6, 6.07) is 0. The molecule has 1 rings (SSSR count). The van der Waals surface area contributed by atoms with E-state index in [1.54, 1.807) is 20.4 Å². The summed E-state index contributed by atoms with van der Waals surface area (Å²) in [6.07, 6.45) is 2.98. The highest BCUT2D eigenvalue weighted by molar-refractivity contribution is 5.41. The second-order valence-electron chi connectivity index (χ2n) is 5.71. The van der Waals surface area contributed by atoms with Gasteiger partial charge in [0, 0.05) is 43.1 Å². The minimum atomic E-state index is -0.794. The molecule has 0 radical (unpaired) electrons. The SMILES string of the molecule is COCCNCCC(C)(O)Cc1ncc(C)c(OC)c1C. The molecule has 5 nitrogen and oxygen atoms in total. The zero-order valence-electron chi connectivity index (χ0n) is 13.8. The molecule has 0 saturated carbocycles. The number of rotatable bonds is 9. The van der Waals surface area contributed by atoms with Gasteiger partial charge in [0.1, 0.15) is 5.75 Å². The molecule has 1 atom stereocenters. The Morgan fingerprint density at radius 3 is 2.62 bits per heavy atom. The van der Waals surface area contributed by atoms with E-state index < -0.39 is 5.60 Å². The average molecular weight is 296 g/mol. The Balaban J connectivity index is 2.62. The zero-order valence-corrected chi connectivity index (χ0v) is 13.8. The second-order valence-corrected chi connectivity index (χ2v) is 5.71. The van der Waals surface area contributed by atoms with Crippen LogP contribution in [0.15, 0.2) is 6.20 Å². The molecule has 1 heterocycles. The largest absolute Gasteiger partial charge is 0.496 e. The molecule has 0 saturated heterocycles. The second kappa shape index (κ2) is 8.32. The van der Waals surface area contributed by atoms with E-state index in [-0.39, 0.29) is 0 Å². The van der Waals surface area contributed by atoms with E-state index in [4.69, 9.17) is 9.47 Å². The minimum Gasteiger partial charge on any atom is -0.496 e. The summed E-state index contributed by atoms with van der Waals surface area (Å²) in [4.78, 5) is 4.45. The first kappa shape index (κ1) is 17.9. The van der Waals surface area contributed by atoms with Crippen molar-refractivity contribution in [1.82, 2.24) is 10.3 Å². The number of aromatic nitrogens is 1. The van der Waals surface area contributed by atoms with Crippen LogP contribution in [-0.4, -0.2) is 49.6 Å². The molecule has 0 amide bonds. The van der Waals surface area contributed by atoms with E-state index >= 15 is 0 Å². The summed E-state index contributed by atoms with van der Waals surface area (Å²) in [6.45, 7) is 8.03. The topological polar surface area (TPSA) is 63.6 Å². The molecule has 2 N–H and O–H groups in total. The lowest BCUT2D eigenvalue weighted by Gasteiger charge is -2.24. The van der Waals surface area contributed by atoms with Crippen molar-refractivity contribution in [3.8, 4) is 5.75 Å². The molecule has 0 spiro atoms. The maximum Gasteiger partial charge on any atom is 0.128 e. The molecular weight excluding hydrogens is 268 g/mol. The number of methoxy groups -OCH3 is 2. The Labute approximate surface area is 127 Å². The summed E-state index contributed by atoms with van der Waals surface area (Å²) in [7, 11) is 3.34. The Morgan fingerprint density at radius 2 is 2.00 bits per heavy atom. The molecule has 0 fully saturated rings. The van der Waals surface area contributed by atoms with Gasteiger partial charge in [-0.15, -0.1) is 0 Å². The van der Waals surface area contributed by atoms with Gasteiger partial charge >= 0.3 is 0 Å². The Hall–Kier alpha value is -1.17. The lowest BCUT2D eigenvalue weighted by atomic mass is 9.93. The number of nitrogens with one attached hydrogen (secondary N) is 1. The maximum absolute atomic E-state index is 10.5. The van der Waals surface area contributed by atoms with Gasteiger partial charge in [-0.1, -0.05) is 0 Å². The number of aliphatic hydroxyl groups is 1. The highest BCUT2D eigenvalue weighted by Gasteiger charge is 2.23. The molecule has 0 aliphatic rings. The van der Waals surface area contributed by atoms with E-state index in [2.05, 4.69) is 10.3 Å². The van der Waals surface area contributed by atoms with E-state index in [0.29, 0.717) is 19.4 Å². The number of ether oxygens (including phenoxy) is 2. The molecule has 1 unspecified atom stereocenters. The van der Waals surface area contributed by atoms with Crippen LogP contribution in [0, 0.1) is 13.8 Å². The van der Waals surface area contributed by atoms with E-state index in [9.17, 15) is 5.11 Å². The maximum atomic E-state index is 10.5. The fraction of sp³-hybridized carbons (Fsp3) is 0.688. The zero-order chi connectivity index (χ0) is 15.9. The average Bonchev–Trinajstić information content (AvgIpc) is 2.42. The van der Waals surface area contributed by atoms with Gasteiger partial charge in [-0.2, -0.15) is 0 Å². The molecule has 0 aliphatic carbocycles. The summed E-state index contributed by atoms with van der Waals surface area (Å²) >= 11 is 0. The van der Waals surface area contributed by atoms with Crippen molar-refractivity contribution >= 4 is 0 Å². The minimum absolute atomic E-state index is 0.515. The number of pyridine rings is 1. The molecular formula is C16H28N2O3. The van der Waals surface area contributed by atoms with Crippen LogP contribution in [0.1, 0.15) is 30.2 Å². The highest BCUT2D eigenvalue weighted by atomic mass is 16.5. The first-order valence-corrected chi connectivity index (χ1v) is 7.32. The van der Waals surface area contributed by atoms with Gasteiger partial charge < -0.3 is 19.9 Å². The van der Waals surface area contributed by atoms with Crippen molar-refractivity contribution in [2.24, 2.45) is 0 Å². The molecule has 1 aromatic rings. The summed E-state index contributed by atoms with van der Waals surface area (Å²) in [5.41, 5.74) is 2.11. The van der Waals surface area contributed by atoms with Crippen LogP contribution in [0.3, 0.4) is 0 Å². The molecule has 0 aliphatic heterocycles. The Bertz CT molecular complexity index is 447. The standard InChI is InChI=1S/C16H28N2O3/c1-12-11-18-14(13(2)15(12)21-5)10-16(3,19)6-7-17-8-9-20-4/h11,17,19H,6-10H2,1-5H3. The van der Waals surface area contributed by atoms with Crippen LogP contribution in [-0.2, 0) is 11.2 Å². The van der Waals surface area contributed by atoms with Crippen LogP contribution in [0.25, 0.3) is 0 Å². The number of aryl methyl sites for hydroxylation is 1. The summed E-state index contributed by atoms with van der Waals surface area (Å²) < 4.78 is 10.4. The third kappa shape index (κ3) is 5.61. The lowest BCUT2D eigenvalue weighted by molar-refractivity contribution is 0.0498.